The Labute approximate surface area is 128 Å². The molecule has 8 heteroatoms. The average Bonchev–Trinajstić information content (AvgIpc) is 2.35. The molecule has 1 aromatic carbocycles. The highest BCUT2D eigenvalue weighted by atomic mass is 35.5. The number of amides is 1. The highest BCUT2D eigenvalue weighted by Gasteiger charge is 2.23. The molecule has 0 bridgehead atoms. The van der Waals surface area contributed by atoms with Gasteiger partial charge in [0.05, 0.1) is 17.0 Å². The van der Waals surface area contributed by atoms with E-state index in [1.165, 1.54) is 24.3 Å². The quantitative estimate of drug-likeness (QED) is 0.808. The summed E-state index contributed by atoms with van der Waals surface area (Å²) in [5.41, 5.74) is 0.162. The van der Waals surface area contributed by atoms with Crippen LogP contribution in [0.1, 0.15) is 0 Å². The van der Waals surface area contributed by atoms with Gasteiger partial charge in [-0.15, -0.1) is 6.58 Å². The van der Waals surface area contributed by atoms with E-state index in [1.807, 2.05) is 0 Å². The van der Waals surface area contributed by atoms with Crippen LogP contribution in [0.15, 0.2) is 30.9 Å². The van der Waals surface area contributed by atoms with Gasteiger partial charge in [0.25, 0.3) is 0 Å². The number of halogens is 2. The molecule has 0 aliphatic carbocycles. The maximum atomic E-state index is 11.8. The third-order valence-corrected chi connectivity index (χ3v) is 3.99. The Kier molecular flexibility index (Phi) is 5.86. The lowest BCUT2D eigenvalue weighted by molar-refractivity contribution is -0.119. The van der Waals surface area contributed by atoms with Crippen molar-refractivity contribution in [2.24, 2.45) is 0 Å². The first-order chi connectivity index (χ1) is 9.25. The second-order valence-electron chi connectivity index (χ2n) is 3.96. The Morgan fingerprint density at radius 2 is 2.10 bits per heavy atom. The van der Waals surface area contributed by atoms with Crippen LogP contribution in [0.5, 0.6) is 0 Å². The molecule has 5 nitrogen and oxygen atoms in total. The topological polar surface area (TPSA) is 66.5 Å². The van der Waals surface area contributed by atoms with Crippen LogP contribution in [0, 0.1) is 0 Å². The fourth-order valence-corrected chi connectivity index (χ4v) is 2.73. The molecule has 0 fully saturated rings. The van der Waals surface area contributed by atoms with Gasteiger partial charge >= 0.3 is 0 Å². The van der Waals surface area contributed by atoms with Gasteiger partial charge in [-0.05, 0) is 18.2 Å². The van der Waals surface area contributed by atoms with E-state index in [9.17, 15) is 13.2 Å². The fraction of sp³-hybridized carbons (Fsp3) is 0.250. The zero-order chi connectivity index (χ0) is 15.3. The first-order valence-corrected chi connectivity index (χ1v) is 8.16. The van der Waals surface area contributed by atoms with Crippen LogP contribution in [0.25, 0.3) is 0 Å². The van der Waals surface area contributed by atoms with Crippen molar-refractivity contribution in [3.63, 3.8) is 0 Å². The number of nitrogens with zero attached hydrogens (tertiary/aromatic N) is 1. The number of nitrogens with one attached hydrogen (secondary N) is 1. The highest BCUT2D eigenvalue weighted by Crippen LogP contribution is 2.30. The molecule has 1 N–H and O–H groups in total. The lowest BCUT2D eigenvalue weighted by Gasteiger charge is -2.23. The number of carbonyl (C=O) groups is 1. The zero-order valence-electron chi connectivity index (χ0n) is 10.8. The number of rotatable bonds is 6. The molecule has 0 aliphatic rings. The maximum Gasteiger partial charge on any atom is 0.241 e. The Balaban J connectivity index is 3.11. The summed E-state index contributed by atoms with van der Waals surface area (Å²) in [4.78, 5) is 11.7. The summed E-state index contributed by atoms with van der Waals surface area (Å²) in [5, 5.41) is 3.01. The van der Waals surface area contributed by atoms with Crippen LogP contribution in [0.4, 0.5) is 5.69 Å². The highest BCUT2D eigenvalue weighted by molar-refractivity contribution is 7.92. The van der Waals surface area contributed by atoms with E-state index in [0.29, 0.717) is 5.02 Å². The summed E-state index contributed by atoms with van der Waals surface area (Å²) < 4.78 is 24.6. The minimum Gasteiger partial charge on any atom is -0.351 e. The molecule has 0 saturated heterocycles. The Morgan fingerprint density at radius 3 is 2.65 bits per heavy atom. The van der Waals surface area contributed by atoms with Gasteiger partial charge in [0.15, 0.2) is 0 Å². The van der Waals surface area contributed by atoms with Crippen LogP contribution < -0.4 is 9.62 Å². The minimum atomic E-state index is -3.67. The number of benzene rings is 1. The van der Waals surface area contributed by atoms with Gasteiger partial charge in [0.1, 0.15) is 6.54 Å². The summed E-state index contributed by atoms with van der Waals surface area (Å²) >= 11 is 11.8. The molecule has 0 unspecified atom stereocenters. The third kappa shape index (κ3) is 4.70. The van der Waals surface area contributed by atoms with Crippen molar-refractivity contribution in [3.05, 3.63) is 40.9 Å². The summed E-state index contributed by atoms with van der Waals surface area (Å²) in [6, 6.07) is 4.40. The summed E-state index contributed by atoms with van der Waals surface area (Å²) in [5.74, 6) is -0.466. The van der Waals surface area contributed by atoms with Crippen LogP contribution >= 0.6 is 23.2 Å². The molecule has 0 atom stereocenters. The molecular formula is C12H14Cl2N2O3S. The number of sulfonamides is 1. The van der Waals surface area contributed by atoms with Crippen molar-refractivity contribution in [1.29, 1.82) is 0 Å². The van der Waals surface area contributed by atoms with Gasteiger partial charge in [0, 0.05) is 11.6 Å². The van der Waals surface area contributed by atoms with E-state index in [1.54, 1.807) is 0 Å². The van der Waals surface area contributed by atoms with E-state index in [0.717, 1.165) is 10.6 Å². The van der Waals surface area contributed by atoms with Crippen LogP contribution in [-0.4, -0.2) is 33.7 Å². The van der Waals surface area contributed by atoms with Crippen molar-refractivity contribution in [2.75, 3.05) is 23.7 Å². The molecule has 0 saturated carbocycles. The first-order valence-electron chi connectivity index (χ1n) is 5.56. The van der Waals surface area contributed by atoms with Gasteiger partial charge in [-0.1, -0.05) is 29.3 Å². The molecule has 1 aromatic rings. The largest absolute Gasteiger partial charge is 0.351 e. The number of hydrogen-bond donors (Lipinski definition) is 1. The molecule has 0 aliphatic heterocycles. The summed E-state index contributed by atoms with van der Waals surface area (Å²) in [7, 11) is -3.67. The third-order valence-electron chi connectivity index (χ3n) is 2.31. The van der Waals surface area contributed by atoms with Crippen molar-refractivity contribution in [1.82, 2.24) is 5.32 Å². The summed E-state index contributed by atoms with van der Waals surface area (Å²) in [6.45, 7) is 3.33. The zero-order valence-corrected chi connectivity index (χ0v) is 13.1. The van der Waals surface area contributed by atoms with Gasteiger partial charge in [-0.25, -0.2) is 8.42 Å². The van der Waals surface area contributed by atoms with Crippen LogP contribution in [-0.2, 0) is 14.8 Å². The molecule has 1 amide bonds. The molecule has 110 valence electrons. The van der Waals surface area contributed by atoms with Crippen molar-refractivity contribution >= 4 is 44.8 Å². The van der Waals surface area contributed by atoms with E-state index < -0.39 is 15.9 Å². The Hall–Kier alpha value is -1.24. The van der Waals surface area contributed by atoms with E-state index >= 15 is 0 Å². The molecule has 1 rings (SSSR count). The van der Waals surface area contributed by atoms with Gasteiger partial charge in [-0.3, -0.25) is 9.10 Å². The van der Waals surface area contributed by atoms with Gasteiger partial charge in [-0.2, -0.15) is 0 Å². The predicted molar refractivity (Wildman–Crippen MR) is 81.9 cm³/mol. The number of hydrogen-bond acceptors (Lipinski definition) is 3. The molecule has 0 spiro atoms. The normalized spacial score (nSPS) is 10.9. The smallest absolute Gasteiger partial charge is 0.241 e. The monoisotopic (exact) mass is 336 g/mol. The molecule has 0 heterocycles. The maximum absolute atomic E-state index is 11.8. The Bertz CT molecular complexity index is 617. The van der Waals surface area contributed by atoms with Gasteiger partial charge in [0.2, 0.25) is 15.9 Å². The van der Waals surface area contributed by atoms with Crippen LogP contribution in [0.2, 0.25) is 10.0 Å². The van der Waals surface area contributed by atoms with Crippen LogP contribution in [0.3, 0.4) is 0 Å². The fourth-order valence-electron chi connectivity index (χ4n) is 1.43. The lowest BCUT2D eigenvalue weighted by Crippen LogP contribution is -2.40. The second-order valence-corrected chi connectivity index (χ2v) is 6.71. The Morgan fingerprint density at radius 1 is 1.45 bits per heavy atom. The van der Waals surface area contributed by atoms with Crippen molar-refractivity contribution < 1.29 is 13.2 Å². The lowest BCUT2D eigenvalue weighted by atomic mass is 10.3. The molecule has 0 aromatic heterocycles. The standard InChI is InChI=1S/C12H14Cl2N2O3S/c1-3-6-15-12(17)8-16(20(2,18)19)11-7-9(13)4-5-10(11)14/h3-5,7H,1,6,8H2,2H3,(H,15,17). The van der Waals surface area contributed by atoms with E-state index in [-0.39, 0.29) is 23.8 Å². The average molecular weight is 337 g/mol. The predicted octanol–water partition coefficient (Wildman–Crippen LogP) is 2.06. The minimum absolute atomic E-state index is 0.162. The van der Waals surface area contributed by atoms with Crippen molar-refractivity contribution in [2.45, 2.75) is 0 Å². The molecule has 0 radical (unpaired) electrons. The first kappa shape index (κ1) is 16.8. The second kappa shape index (κ2) is 6.97. The SMILES string of the molecule is C=CCNC(=O)CN(c1cc(Cl)ccc1Cl)S(C)(=O)=O. The number of carbonyl (C=O) groups excluding carboxylic acids is 1. The van der Waals surface area contributed by atoms with Gasteiger partial charge < -0.3 is 5.32 Å². The molecular weight excluding hydrogens is 323 g/mol. The van der Waals surface area contributed by atoms with Crippen molar-refractivity contribution in [3.8, 4) is 0 Å². The van der Waals surface area contributed by atoms with E-state index in [2.05, 4.69) is 11.9 Å². The number of anilines is 1. The molecule has 20 heavy (non-hydrogen) atoms. The summed E-state index contributed by atoms with van der Waals surface area (Å²) in [6.07, 6.45) is 2.49. The van der Waals surface area contributed by atoms with E-state index in [4.69, 9.17) is 23.2 Å².